The first-order valence-electron chi connectivity index (χ1n) is 19.4. The molecule has 0 unspecified atom stereocenters. The Kier molecular flexibility index (Phi) is 6.81. The molecule has 3 aromatic heterocycles. The third-order valence-electron chi connectivity index (χ3n) is 11.6. The van der Waals surface area contributed by atoms with Crippen molar-refractivity contribution < 1.29 is 8.83 Å². The summed E-state index contributed by atoms with van der Waals surface area (Å²) in [6.07, 6.45) is 15.1. The van der Waals surface area contributed by atoms with Gasteiger partial charge in [-0.15, -0.1) is 0 Å². The van der Waals surface area contributed by atoms with E-state index in [-0.39, 0.29) is 0 Å². The second-order valence-electron chi connectivity index (χ2n) is 14.8. The van der Waals surface area contributed by atoms with Gasteiger partial charge in [0.05, 0.1) is 0 Å². The summed E-state index contributed by atoms with van der Waals surface area (Å²) in [5.41, 5.74) is 10.8. The molecule has 0 saturated carbocycles. The van der Waals surface area contributed by atoms with E-state index >= 15 is 0 Å². The van der Waals surface area contributed by atoms with Crippen LogP contribution in [-0.4, -0.2) is 15.0 Å². The van der Waals surface area contributed by atoms with Crippen LogP contribution in [0.25, 0.3) is 111 Å². The summed E-state index contributed by atoms with van der Waals surface area (Å²) in [4.78, 5) is 15.8. The first-order valence-corrected chi connectivity index (χ1v) is 19.4. The van der Waals surface area contributed by atoms with E-state index in [1.165, 1.54) is 16.5 Å². The molecule has 5 nitrogen and oxygen atoms in total. The lowest BCUT2D eigenvalue weighted by atomic mass is 9.89. The number of para-hydroxylation sites is 2. The Morgan fingerprint density at radius 3 is 2.05 bits per heavy atom. The Labute approximate surface area is 322 Å². The predicted molar refractivity (Wildman–Crippen MR) is 229 cm³/mol. The monoisotopic (exact) mass is 719 g/mol. The molecule has 12 rings (SSSR count). The number of hydrogen-bond donors (Lipinski definition) is 0. The molecule has 0 fully saturated rings. The molecular weight excluding hydrogens is 687 g/mol. The Morgan fingerprint density at radius 2 is 1.16 bits per heavy atom. The molecule has 0 saturated heterocycles. The van der Waals surface area contributed by atoms with Crippen molar-refractivity contribution in [2.75, 3.05) is 0 Å². The van der Waals surface area contributed by atoms with Crippen molar-refractivity contribution in [1.82, 2.24) is 15.0 Å². The number of aryl methyl sites for hydroxylation is 1. The third-order valence-corrected chi connectivity index (χ3v) is 11.6. The van der Waals surface area contributed by atoms with E-state index < -0.39 is 0 Å². The molecule has 0 amide bonds. The van der Waals surface area contributed by atoms with Crippen LogP contribution in [0.4, 0.5) is 0 Å². The molecule has 7 aromatic carbocycles. The van der Waals surface area contributed by atoms with Gasteiger partial charge in [-0.3, -0.25) is 0 Å². The Bertz CT molecular complexity index is 3380. The van der Waals surface area contributed by atoms with E-state index in [1.54, 1.807) is 0 Å². The Balaban J connectivity index is 1.13. The van der Waals surface area contributed by atoms with Gasteiger partial charge in [-0.1, -0.05) is 121 Å². The molecule has 0 spiro atoms. The largest absolute Gasteiger partial charge is 0.455 e. The highest BCUT2D eigenvalue weighted by Gasteiger charge is 2.24. The second kappa shape index (κ2) is 12.2. The van der Waals surface area contributed by atoms with E-state index in [0.29, 0.717) is 17.5 Å². The van der Waals surface area contributed by atoms with Crippen LogP contribution in [0, 0.1) is 0 Å². The average molecular weight is 720 g/mol. The predicted octanol–water partition coefficient (Wildman–Crippen LogP) is 13.7. The molecule has 0 aliphatic heterocycles. The van der Waals surface area contributed by atoms with Gasteiger partial charge in [0, 0.05) is 54.8 Å². The minimum Gasteiger partial charge on any atom is -0.455 e. The highest BCUT2D eigenvalue weighted by molar-refractivity contribution is 6.20. The smallest absolute Gasteiger partial charge is 0.164 e. The first-order chi connectivity index (χ1) is 27.8. The Morgan fingerprint density at radius 1 is 0.446 bits per heavy atom. The summed E-state index contributed by atoms with van der Waals surface area (Å²) in [6, 6.07) is 42.6. The SMILES string of the molecule is C1=CC(c2nc(-c3cc4c(c5ccccc35)C=CCC4)nc(-c3ccc(-c4cccc5c4oc4c6ccccc6ccc54)c4oc5ccccc5c34)n2)=CCC1. The van der Waals surface area contributed by atoms with Gasteiger partial charge in [0.1, 0.15) is 22.3 Å². The average Bonchev–Trinajstić information content (AvgIpc) is 3.86. The molecule has 5 heteroatoms. The van der Waals surface area contributed by atoms with Crippen molar-refractivity contribution in [3.8, 4) is 33.9 Å². The van der Waals surface area contributed by atoms with Gasteiger partial charge < -0.3 is 8.83 Å². The first kappa shape index (κ1) is 31.3. The lowest BCUT2D eigenvalue weighted by molar-refractivity contribution is 0.666. The fourth-order valence-corrected chi connectivity index (χ4v) is 8.97. The fraction of sp³-hybridized carbons (Fsp3) is 0.0784. The highest BCUT2D eigenvalue weighted by atomic mass is 16.3. The van der Waals surface area contributed by atoms with Gasteiger partial charge in [0.25, 0.3) is 0 Å². The summed E-state index contributed by atoms with van der Waals surface area (Å²) in [6.45, 7) is 0. The van der Waals surface area contributed by atoms with Crippen molar-refractivity contribution in [1.29, 1.82) is 0 Å². The molecule has 2 aliphatic carbocycles. The zero-order chi connectivity index (χ0) is 36.7. The van der Waals surface area contributed by atoms with E-state index in [1.807, 2.05) is 12.1 Å². The summed E-state index contributed by atoms with van der Waals surface area (Å²) >= 11 is 0. The molecule has 2 aliphatic rings. The fourth-order valence-electron chi connectivity index (χ4n) is 8.97. The minimum absolute atomic E-state index is 0.614. The maximum Gasteiger partial charge on any atom is 0.164 e. The minimum atomic E-state index is 0.614. The van der Waals surface area contributed by atoms with Crippen LogP contribution < -0.4 is 0 Å². The number of allylic oxidation sites excluding steroid dienone is 5. The standard InChI is InChI=1S/C51H33N3O2/c1-2-14-31(15-3-1)49-52-50(54-51(53-49)43-29-32-16-5-6-17-33(32)35-19-8-9-20-36(35)43)42-28-27-40(48-45(42)41-21-10-11-24-44(41)55-48)38-23-12-22-37-39-26-25-30-13-4-7-18-34(30)46(39)56-47(37)38/h2,4,6-15,17-29H,1,3,5,16H2. The van der Waals surface area contributed by atoms with Crippen LogP contribution in [0.15, 0.2) is 154 Å². The second-order valence-corrected chi connectivity index (χ2v) is 14.8. The lowest BCUT2D eigenvalue weighted by Crippen LogP contribution is -2.05. The van der Waals surface area contributed by atoms with Crippen molar-refractivity contribution in [2.45, 2.75) is 25.7 Å². The summed E-state index contributed by atoms with van der Waals surface area (Å²) in [7, 11) is 0. The van der Waals surface area contributed by atoms with Gasteiger partial charge in [-0.05, 0) is 83.3 Å². The quantitative estimate of drug-likeness (QED) is 0.181. The van der Waals surface area contributed by atoms with Crippen LogP contribution in [-0.2, 0) is 6.42 Å². The molecule has 0 atom stereocenters. The number of benzene rings is 7. The molecule has 0 N–H and O–H groups in total. The van der Waals surface area contributed by atoms with Gasteiger partial charge in [0.2, 0.25) is 0 Å². The summed E-state index contributed by atoms with van der Waals surface area (Å²) in [5, 5.41) is 8.75. The number of furan rings is 2. The summed E-state index contributed by atoms with van der Waals surface area (Å²) < 4.78 is 13.7. The normalized spacial score (nSPS) is 14.1. The van der Waals surface area contributed by atoms with Crippen LogP contribution >= 0.6 is 0 Å². The lowest BCUT2D eigenvalue weighted by Gasteiger charge is -2.17. The van der Waals surface area contributed by atoms with Crippen LogP contribution in [0.5, 0.6) is 0 Å². The number of aromatic nitrogens is 3. The number of nitrogens with zero attached hydrogens (tertiary/aromatic N) is 3. The van der Waals surface area contributed by atoms with E-state index in [4.69, 9.17) is 23.8 Å². The van der Waals surface area contributed by atoms with Crippen molar-refractivity contribution in [3.05, 3.63) is 163 Å². The Hall–Kier alpha value is -7.11. The number of fused-ring (bicyclic) bond motifs is 11. The van der Waals surface area contributed by atoms with Crippen molar-refractivity contribution in [2.24, 2.45) is 0 Å². The highest BCUT2D eigenvalue weighted by Crippen LogP contribution is 2.45. The molecule has 3 heterocycles. The zero-order valence-electron chi connectivity index (χ0n) is 30.4. The van der Waals surface area contributed by atoms with Crippen molar-refractivity contribution >= 4 is 77.1 Å². The van der Waals surface area contributed by atoms with Gasteiger partial charge in [-0.25, -0.2) is 15.0 Å². The van der Waals surface area contributed by atoms with Crippen molar-refractivity contribution in [3.63, 3.8) is 0 Å². The molecule has 0 bridgehead atoms. The number of rotatable bonds is 4. The van der Waals surface area contributed by atoms with Crippen LogP contribution in [0.3, 0.4) is 0 Å². The van der Waals surface area contributed by atoms with E-state index in [0.717, 1.165) is 114 Å². The molecule has 56 heavy (non-hydrogen) atoms. The molecular formula is C51H33N3O2. The van der Waals surface area contributed by atoms with Gasteiger partial charge in [-0.2, -0.15) is 0 Å². The number of hydrogen-bond acceptors (Lipinski definition) is 5. The topological polar surface area (TPSA) is 65.0 Å². The van der Waals surface area contributed by atoms with E-state index in [9.17, 15) is 0 Å². The molecule has 0 radical (unpaired) electrons. The van der Waals surface area contributed by atoms with Crippen LogP contribution in [0.2, 0.25) is 0 Å². The maximum atomic E-state index is 6.83. The van der Waals surface area contributed by atoms with Gasteiger partial charge >= 0.3 is 0 Å². The molecule has 10 aromatic rings. The maximum absolute atomic E-state index is 6.83. The zero-order valence-corrected chi connectivity index (χ0v) is 30.4. The van der Waals surface area contributed by atoms with E-state index in [2.05, 4.69) is 140 Å². The third kappa shape index (κ3) is 4.70. The van der Waals surface area contributed by atoms with Gasteiger partial charge in [0.15, 0.2) is 17.5 Å². The summed E-state index contributed by atoms with van der Waals surface area (Å²) in [5.74, 6) is 1.96. The molecule has 264 valence electrons. The van der Waals surface area contributed by atoms with Crippen LogP contribution in [0.1, 0.15) is 36.2 Å².